The van der Waals surface area contributed by atoms with E-state index in [1.807, 2.05) is 6.07 Å². The molecule has 2 aromatic rings. The van der Waals surface area contributed by atoms with E-state index in [-0.39, 0.29) is 5.91 Å². The number of nitriles is 1. The lowest BCUT2D eigenvalue weighted by molar-refractivity contribution is 0.0926. The van der Waals surface area contributed by atoms with Crippen LogP contribution in [0.1, 0.15) is 26.3 Å². The first-order chi connectivity index (χ1) is 9.61. The number of hydrogen-bond acceptors (Lipinski definition) is 4. The number of fused-ring (bicyclic) bond motifs is 1. The van der Waals surface area contributed by atoms with Gasteiger partial charge in [0.2, 0.25) is 0 Å². The number of carbonyl (C=O) groups excluding carboxylic acids is 2. The molecule has 0 aromatic heterocycles. The zero-order valence-electron chi connectivity index (χ0n) is 10.3. The van der Waals surface area contributed by atoms with E-state index >= 15 is 0 Å². The van der Waals surface area contributed by atoms with Crippen molar-refractivity contribution in [3.63, 3.8) is 0 Å². The fourth-order valence-corrected chi connectivity index (χ4v) is 2.18. The summed E-state index contributed by atoms with van der Waals surface area (Å²) in [5.74, 6) is -0.781. The molecule has 0 spiro atoms. The van der Waals surface area contributed by atoms with E-state index in [0.717, 1.165) is 4.90 Å². The first-order valence-corrected chi connectivity index (χ1v) is 5.90. The molecule has 1 heterocycles. The molecule has 0 atom stereocenters. The van der Waals surface area contributed by atoms with Crippen molar-refractivity contribution in [2.75, 3.05) is 10.6 Å². The molecule has 2 aromatic carbocycles. The Morgan fingerprint density at radius 1 is 0.950 bits per heavy atom. The number of imide groups is 1. The largest absolute Gasteiger partial charge is 0.399 e. The summed E-state index contributed by atoms with van der Waals surface area (Å²) in [6, 6.07) is 12.9. The lowest BCUT2D eigenvalue weighted by Crippen LogP contribution is -2.29. The van der Waals surface area contributed by atoms with Gasteiger partial charge in [-0.05, 0) is 42.5 Å². The third kappa shape index (κ3) is 1.63. The van der Waals surface area contributed by atoms with Crippen molar-refractivity contribution in [3.8, 4) is 6.07 Å². The lowest BCUT2D eigenvalue weighted by atomic mass is 10.1. The molecule has 0 unspecified atom stereocenters. The second kappa shape index (κ2) is 4.21. The highest BCUT2D eigenvalue weighted by atomic mass is 16.2. The molecule has 0 saturated carbocycles. The molecule has 0 fully saturated rings. The Hall–Kier alpha value is -3.13. The number of anilines is 2. The van der Waals surface area contributed by atoms with Gasteiger partial charge in [-0.15, -0.1) is 0 Å². The maximum Gasteiger partial charge on any atom is 0.266 e. The van der Waals surface area contributed by atoms with Crippen LogP contribution in [0.15, 0.2) is 42.5 Å². The van der Waals surface area contributed by atoms with Gasteiger partial charge in [0.15, 0.2) is 0 Å². The third-order valence-electron chi connectivity index (χ3n) is 3.17. The molecule has 0 radical (unpaired) electrons. The molecular formula is C15H9N3O2. The van der Waals surface area contributed by atoms with Gasteiger partial charge in [0.05, 0.1) is 28.4 Å². The van der Waals surface area contributed by atoms with Gasteiger partial charge in [-0.25, -0.2) is 4.90 Å². The van der Waals surface area contributed by atoms with Crippen LogP contribution in [-0.2, 0) is 0 Å². The number of nitrogens with two attached hydrogens (primary N) is 1. The SMILES string of the molecule is N#Cc1ccc(N2C(=O)c3ccc(N)cc3C2=O)cc1. The Morgan fingerprint density at radius 2 is 1.60 bits per heavy atom. The maximum absolute atomic E-state index is 12.3. The number of amides is 2. The molecule has 2 N–H and O–H groups in total. The van der Waals surface area contributed by atoms with E-state index in [9.17, 15) is 9.59 Å². The molecule has 96 valence electrons. The fraction of sp³-hybridized carbons (Fsp3) is 0. The van der Waals surface area contributed by atoms with Crippen LogP contribution in [0.4, 0.5) is 11.4 Å². The summed E-state index contributed by atoms with van der Waals surface area (Å²) in [6.45, 7) is 0. The van der Waals surface area contributed by atoms with Crippen molar-refractivity contribution in [1.82, 2.24) is 0 Å². The van der Waals surface area contributed by atoms with Crippen LogP contribution in [0.5, 0.6) is 0 Å². The van der Waals surface area contributed by atoms with Gasteiger partial charge in [0.1, 0.15) is 0 Å². The standard InChI is InChI=1S/C15H9N3O2/c16-8-9-1-4-11(5-2-9)18-14(19)12-6-3-10(17)7-13(12)15(18)20/h1-7H,17H2. The van der Waals surface area contributed by atoms with E-state index in [2.05, 4.69) is 0 Å². The normalized spacial score (nSPS) is 13.2. The highest BCUT2D eigenvalue weighted by Crippen LogP contribution is 2.29. The van der Waals surface area contributed by atoms with Gasteiger partial charge in [0, 0.05) is 5.69 Å². The highest BCUT2D eigenvalue weighted by Gasteiger charge is 2.36. The number of benzene rings is 2. The highest BCUT2D eigenvalue weighted by molar-refractivity contribution is 6.34. The second-order valence-electron chi connectivity index (χ2n) is 4.41. The Bertz CT molecular complexity index is 773. The van der Waals surface area contributed by atoms with Crippen LogP contribution in [0.3, 0.4) is 0 Å². The van der Waals surface area contributed by atoms with E-state index in [1.54, 1.807) is 36.4 Å². The van der Waals surface area contributed by atoms with Crippen LogP contribution in [0.25, 0.3) is 0 Å². The number of rotatable bonds is 1. The summed E-state index contributed by atoms with van der Waals surface area (Å²) < 4.78 is 0. The molecule has 0 saturated heterocycles. The summed E-state index contributed by atoms with van der Waals surface area (Å²) in [5, 5.41) is 8.76. The maximum atomic E-state index is 12.3. The Balaban J connectivity index is 2.07. The summed E-state index contributed by atoms with van der Waals surface area (Å²) in [4.78, 5) is 25.7. The van der Waals surface area contributed by atoms with Gasteiger partial charge in [-0.1, -0.05) is 0 Å². The van der Waals surface area contributed by atoms with E-state index in [4.69, 9.17) is 11.0 Å². The smallest absolute Gasteiger partial charge is 0.266 e. The van der Waals surface area contributed by atoms with E-state index in [0.29, 0.717) is 28.1 Å². The van der Waals surface area contributed by atoms with Gasteiger partial charge >= 0.3 is 0 Å². The van der Waals surface area contributed by atoms with Gasteiger partial charge < -0.3 is 5.73 Å². The van der Waals surface area contributed by atoms with Gasteiger partial charge in [-0.2, -0.15) is 5.26 Å². The average molecular weight is 263 g/mol. The van der Waals surface area contributed by atoms with E-state index < -0.39 is 5.91 Å². The molecule has 2 amide bonds. The molecule has 20 heavy (non-hydrogen) atoms. The van der Waals surface area contributed by atoms with Crippen LogP contribution >= 0.6 is 0 Å². The summed E-state index contributed by atoms with van der Waals surface area (Å²) >= 11 is 0. The minimum absolute atomic E-state index is 0.305. The van der Waals surface area contributed by atoms with Crippen LogP contribution < -0.4 is 10.6 Å². The van der Waals surface area contributed by atoms with Gasteiger partial charge in [0.25, 0.3) is 11.8 Å². The lowest BCUT2D eigenvalue weighted by Gasteiger charge is -2.13. The van der Waals surface area contributed by atoms with Crippen molar-refractivity contribution < 1.29 is 9.59 Å². The average Bonchev–Trinajstić information content (AvgIpc) is 2.71. The zero-order valence-corrected chi connectivity index (χ0v) is 10.3. The van der Waals surface area contributed by atoms with Crippen molar-refractivity contribution >= 4 is 23.2 Å². The van der Waals surface area contributed by atoms with Crippen LogP contribution in [0.2, 0.25) is 0 Å². The first kappa shape index (κ1) is 11.9. The predicted octanol–water partition coefficient (Wildman–Crippen LogP) is 1.94. The Morgan fingerprint density at radius 3 is 2.25 bits per heavy atom. The molecule has 1 aliphatic heterocycles. The number of carbonyl (C=O) groups is 2. The van der Waals surface area contributed by atoms with Crippen molar-refractivity contribution in [1.29, 1.82) is 5.26 Å². The number of nitrogens with zero attached hydrogens (tertiary/aromatic N) is 2. The molecule has 3 rings (SSSR count). The predicted molar refractivity (Wildman–Crippen MR) is 73.2 cm³/mol. The van der Waals surface area contributed by atoms with E-state index in [1.165, 1.54) is 6.07 Å². The minimum atomic E-state index is -0.401. The monoisotopic (exact) mass is 263 g/mol. The zero-order chi connectivity index (χ0) is 14.3. The molecule has 0 bridgehead atoms. The molecular weight excluding hydrogens is 254 g/mol. The topological polar surface area (TPSA) is 87.2 Å². The fourth-order valence-electron chi connectivity index (χ4n) is 2.18. The summed E-state index contributed by atoms with van der Waals surface area (Å²) in [7, 11) is 0. The molecule has 1 aliphatic rings. The summed E-state index contributed by atoms with van der Waals surface area (Å²) in [6.07, 6.45) is 0. The Labute approximate surface area is 114 Å². The molecule has 5 nitrogen and oxygen atoms in total. The van der Waals surface area contributed by atoms with Gasteiger partial charge in [-0.3, -0.25) is 9.59 Å². The summed E-state index contributed by atoms with van der Waals surface area (Å²) in [5.41, 5.74) is 7.63. The van der Waals surface area contributed by atoms with Crippen molar-refractivity contribution in [2.24, 2.45) is 0 Å². The van der Waals surface area contributed by atoms with Crippen molar-refractivity contribution in [3.05, 3.63) is 59.2 Å². The minimum Gasteiger partial charge on any atom is -0.399 e. The first-order valence-electron chi connectivity index (χ1n) is 5.90. The molecule has 5 heteroatoms. The number of hydrogen-bond donors (Lipinski definition) is 1. The Kier molecular flexibility index (Phi) is 2.51. The van der Waals surface area contributed by atoms with Crippen molar-refractivity contribution in [2.45, 2.75) is 0 Å². The quantitative estimate of drug-likeness (QED) is 0.629. The number of nitrogen functional groups attached to an aromatic ring is 1. The van der Waals surface area contributed by atoms with Crippen LogP contribution in [-0.4, -0.2) is 11.8 Å². The molecule has 0 aliphatic carbocycles. The second-order valence-corrected chi connectivity index (χ2v) is 4.41. The third-order valence-corrected chi connectivity index (χ3v) is 3.17. The van der Waals surface area contributed by atoms with Crippen LogP contribution in [0, 0.1) is 11.3 Å².